The first-order valence-electron chi connectivity index (χ1n) is 7.46. The molecule has 19 heavy (non-hydrogen) atoms. The van der Waals surface area contributed by atoms with Crippen molar-refractivity contribution >= 4 is 5.69 Å². The minimum Gasteiger partial charge on any atom is -0.369 e. The standard InChI is InChI=1S/C17H28N2/c1-13-12-15(18-5)10-11-19(13)16-8-6-14(7-9-16)17(2,3)4/h6-9,13,15,18H,10-12H2,1-5H3. The van der Waals surface area contributed by atoms with Crippen molar-refractivity contribution in [1.82, 2.24) is 5.32 Å². The Balaban J connectivity index is 2.10. The van der Waals surface area contributed by atoms with Crippen LogP contribution in [0.5, 0.6) is 0 Å². The monoisotopic (exact) mass is 260 g/mol. The molecule has 1 heterocycles. The highest BCUT2D eigenvalue weighted by Crippen LogP contribution is 2.28. The molecule has 1 fully saturated rings. The number of piperidine rings is 1. The summed E-state index contributed by atoms with van der Waals surface area (Å²) in [4.78, 5) is 2.54. The van der Waals surface area contributed by atoms with Crippen LogP contribution in [-0.4, -0.2) is 25.7 Å². The third-order valence-corrected chi connectivity index (χ3v) is 4.35. The smallest absolute Gasteiger partial charge is 0.0368 e. The van der Waals surface area contributed by atoms with E-state index in [9.17, 15) is 0 Å². The highest BCUT2D eigenvalue weighted by Gasteiger charge is 2.24. The summed E-state index contributed by atoms with van der Waals surface area (Å²) in [6, 6.07) is 10.4. The second-order valence-corrected chi connectivity index (χ2v) is 6.85. The van der Waals surface area contributed by atoms with Gasteiger partial charge >= 0.3 is 0 Å². The third kappa shape index (κ3) is 3.30. The van der Waals surface area contributed by atoms with E-state index in [1.165, 1.54) is 24.1 Å². The van der Waals surface area contributed by atoms with Gasteiger partial charge in [0.05, 0.1) is 0 Å². The SMILES string of the molecule is CNC1CCN(c2ccc(C(C)(C)C)cc2)C(C)C1. The molecule has 2 unspecified atom stereocenters. The van der Waals surface area contributed by atoms with Gasteiger partial charge in [-0.25, -0.2) is 0 Å². The second kappa shape index (κ2) is 5.54. The number of anilines is 1. The van der Waals surface area contributed by atoms with Crippen LogP contribution in [0.3, 0.4) is 0 Å². The third-order valence-electron chi connectivity index (χ3n) is 4.35. The lowest BCUT2D eigenvalue weighted by molar-refractivity contribution is 0.387. The molecule has 1 aromatic rings. The molecule has 1 aliphatic heterocycles. The Morgan fingerprint density at radius 3 is 2.26 bits per heavy atom. The molecule has 0 saturated carbocycles. The summed E-state index contributed by atoms with van der Waals surface area (Å²) in [5, 5.41) is 3.41. The summed E-state index contributed by atoms with van der Waals surface area (Å²) in [5.74, 6) is 0. The average molecular weight is 260 g/mol. The van der Waals surface area contributed by atoms with E-state index in [0.29, 0.717) is 12.1 Å². The van der Waals surface area contributed by atoms with Crippen LogP contribution in [0.1, 0.15) is 46.1 Å². The number of hydrogen-bond acceptors (Lipinski definition) is 2. The lowest BCUT2D eigenvalue weighted by Crippen LogP contribution is -2.46. The molecule has 1 aromatic carbocycles. The van der Waals surface area contributed by atoms with Gasteiger partial charge in [-0.2, -0.15) is 0 Å². The van der Waals surface area contributed by atoms with Crippen LogP contribution < -0.4 is 10.2 Å². The lowest BCUT2D eigenvalue weighted by Gasteiger charge is -2.39. The zero-order chi connectivity index (χ0) is 14.0. The molecule has 0 radical (unpaired) electrons. The number of rotatable bonds is 2. The quantitative estimate of drug-likeness (QED) is 0.874. The van der Waals surface area contributed by atoms with Crippen molar-refractivity contribution in [2.75, 3.05) is 18.5 Å². The zero-order valence-electron chi connectivity index (χ0n) is 13.0. The van der Waals surface area contributed by atoms with Crippen molar-refractivity contribution in [3.63, 3.8) is 0 Å². The minimum absolute atomic E-state index is 0.239. The number of hydrogen-bond donors (Lipinski definition) is 1. The van der Waals surface area contributed by atoms with Gasteiger partial charge in [0.2, 0.25) is 0 Å². The van der Waals surface area contributed by atoms with Gasteiger partial charge in [-0.3, -0.25) is 0 Å². The van der Waals surface area contributed by atoms with Crippen LogP contribution in [0.4, 0.5) is 5.69 Å². The fraction of sp³-hybridized carbons (Fsp3) is 0.647. The first-order chi connectivity index (χ1) is 8.91. The van der Waals surface area contributed by atoms with E-state index in [2.05, 4.69) is 69.2 Å². The van der Waals surface area contributed by atoms with Crippen molar-refractivity contribution in [1.29, 1.82) is 0 Å². The van der Waals surface area contributed by atoms with E-state index >= 15 is 0 Å². The molecular weight excluding hydrogens is 232 g/mol. The van der Waals surface area contributed by atoms with E-state index in [0.717, 1.165) is 6.54 Å². The van der Waals surface area contributed by atoms with E-state index in [4.69, 9.17) is 0 Å². The van der Waals surface area contributed by atoms with Gasteiger partial charge in [0.25, 0.3) is 0 Å². The lowest BCUT2D eigenvalue weighted by atomic mass is 9.87. The molecular formula is C17H28N2. The molecule has 106 valence electrons. The molecule has 0 aliphatic carbocycles. The molecule has 0 amide bonds. The highest BCUT2D eigenvalue weighted by molar-refractivity contribution is 5.49. The molecule has 2 heteroatoms. The maximum Gasteiger partial charge on any atom is 0.0368 e. The average Bonchev–Trinajstić information content (AvgIpc) is 2.37. The van der Waals surface area contributed by atoms with E-state index in [1.807, 2.05) is 0 Å². The van der Waals surface area contributed by atoms with Crippen LogP contribution in [0.25, 0.3) is 0 Å². The molecule has 0 spiro atoms. The zero-order valence-corrected chi connectivity index (χ0v) is 13.0. The fourth-order valence-electron chi connectivity index (χ4n) is 2.97. The molecule has 2 atom stereocenters. The first-order valence-corrected chi connectivity index (χ1v) is 7.46. The Kier molecular flexibility index (Phi) is 4.19. The summed E-state index contributed by atoms with van der Waals surface area (Å²) in [6.07, 6.45) is 2.47. The van der Waals surface area contributed by atoms with Gasteiger partial charge < -0.3 is 10.2 Å². The van der Waals surface area contributed by atoms with Gasteiger partial charge in [0.15, 0.2) is 0 Å². The Morgan fingerprint density at radius 2 is 1.79 bits per heavy atom. The van der Waals surface area contributed by atoms with E-state index in [1.54, 1.807) is 0 Å². The van der Waals surface area contributed by atoms with Crippen LogP contribution in [0, 0.1) is 0 Å². The fourth-order valence-corrected chi connectivity index (χ4v) is 2.97. The van der Waals surface area contributed by atoms with Crippen LogP contribution in [0.2, 0.25) is 0 Å². The van der Waals surface area contributed by atoms with Gasteiger partial charge in [0, 0.05) is 24.3 Å². The van der Waals surface area contributed by atoms with Crippen molar-refractivity contribution in [3.8, 4) is 0 Å². The predicted octanol–water partition coefficient (Wildman–Crippen LogP) is 3.56. The highest BCUT2D eigenvalue weighted by atomic mass is 15.2. The molecule has 2 rings (SSSR count). The van der Waals surface area contributed by atoms with Crippen molar-refractivity contribution in [3.05, 3.63) is 29.8 Å². The Morgan fingerprint density at radius 1 is 1.16 bits per heavy atom. The van der Waals surface area contributed by atoms with Gasteiger partial charge in [0.1, 0.15) is 0 Å². The normalized spacial score (nSPS) is 24.6. The molecule has 2 nitrogen and oxygen atoms in total. The van der Waals surface area contributed by atoms with Crippen LogP contribution in [0.15, 0.2) is 24.3 Å². The van der Waals surface area contributed by atoms with Gasteiger partial charge in [-0.1, -0.05) is 32.9 Å². The number of benzene rings is 1. The largest absolute Gasteiger partial charge is 0.369 e. The Labute approximate surface area is 118 Å². The predicted molar refractivity (Wildman–Crippen MR) is 84.0 cm³/mol. The number of nitrogens with zero attached hydrogens (tertiary/aromatic N) is 1. The summed E-state index contributed by atoms with van der Waals surface area (Å²) >= 11 is 0. The van der Waals surface area contributed by atoms with E-state index in [-0.39, 0.29) is 5.41 Å². The van der Waals surface area contributed by atoms with E-state index < -0.39 is 0 Å². The maximum atomic E-state index is 3.41. The topological polar surface area (TPSA) is 15.3 Å². The van der Waals surface area contributed by atoms with Gasteiger partial charge in [-0.15, -0.1) is 0 Å². The molecule has 1 saturated heterocycles. The van der Waals surface area contributed by atoms with Crippen molar-refractivity contribution in [2.45, 2.75) is 58.0 Å². The summed E-state index contributed by atoms with van der Waals surface area (Å²) in [7, 11) is 2.07. The summed E-state index contributed by atoms with van der Waals surface area (Å²) < 4.78 is 0. The Hall–Kier alpha value is -1.02. The Bertz CT molecular complexity index is 402. The second-order valence-electron chi connectivity index (χ2n) is 6.85. The molecule has 0 bridgehead atoms. The molecule has 1 aliphatic rings. The summed E-state index contributed by atoms with van der Waals surface area (Å²) in [5.41, 5.74) is 3.02. The first kappa shape index (κ1) is 14.4. The minimum atomic E-state index is 0.239. The number of nitrogens with one attached hydrogen (secondary N) is 1. The van der Waals surface area contributed by atoms with Crippen molar-refractivity contribution in [2.24, 2.45) is 0 Å². The maximum absolute atomic E-state index is 3.41. The molecule has 1 N–H and O–H groups in total. The summed E-state index contributed by atoms with van der Waals surface area (Å²) in [6.45, 7) is 10.3. The van der Waals surface area contributed by atoms with Crippen molar-refractivity contribution < 1.29 is 0 Å². The van der Waals surface area contributed by atoms with Gasteiger partial charge in [-0.05, 0) is 49.9 Å². The van der Waals surface area contributed by atoms with Crippen LogP contribution in [-0.2, 0) is 5.41 Å². The molecule has 0 aromatic heterocycles. The van der Waals surface area contributed by atoms with Crippen LogP contribution >= 0.6 is 0 Å².